The largest absolute Gasteiger partial charge is 0.383 e. The predicted molar refractivity (Wildman–Crippen MR) is 78.3 cm³/mol. The van der Waals surface area contributed by atoms with E-state index in [1.807, 2.05) is 25.1 Å². The van der Waals surface area contributed by atoms with Gasteiger partial charge in [-0.1, -0.05) is 23.7 Å². The molecule has 0 aliphatic heterocycles. The van der Waals surface area contributed by atoms with E-state index in [1.165, 1.54) is 12.8 Å². The molecule has 0 bridgehead atoms. The Morgan fingerprint density at radius 1 is 1.16 bits per heavy atom. The molecule has 0 amide bonds. The van der Waals surface area contributed by atoms with Gasteiger partial charge < -0.3 is 5.73 Å². The zero-order valence-corrected chi connectivity index (χ0v) is 11.7. The van der Waals surface area contributed by atoms with Gasteiger partial charge in [0, 0.05) is 21.8 Å². The number of aryl methyl sites for hydroxylation is 2. The third kappa shape index (κ3) is 2.30. The molecule has 0 fully saturated rings. The Morgan fingerprint density at radius 3 is 2.74 bits per heavy atom. The standard InChI is InChI=1S/C15H16ClN3/c1-9-6-7-10(8-12(9)16)15-18-13-5-3-2-4-11(13)14(17)19-15/h6-8H,2-5H2,1H3,(H2,17,18,19). The van der Waals surface area contributed by atoms with Crippen LogP contribution in [0.2, 0.25) is 5.02 Å². The molecule has 2 N–H and O–H groups in total. The first-order valence-electron chi connectivity index (χ1n) is 6.57. The molecule has 1 aromatic heterocycles. The summed E-state index contributed by atoms with van der Waals surface area (Å²) in [6, 6.07) is 5.88. The minimum atomic E-state index is 0.622. The zero-order chi connectivity index (χ0) is 13.4. The molecule has 98 valence electrons. The third-order valence-electron chi connectivity index (χ3n) is 3.65. The lowest BCUT2D eigenvalue weighted by atomic mass is 9.96. The first kappa shape index (κ1) is 12.4. The number of hydrogen-bond acceptors (Lipinski definition) is 3. The van der Waals surface area contributed by atoms with Crippen molar-refractivity contribution in [2.24, 2.45) is 0 Å². The number of nitrogens with two attached hydrogens (primary N) is 1. The van der Waals surface area contributed by atoms with Crippen LogP contribution in [0.5, 0.6) is 0 Å². The van der Waals surface area contributed by atoms with Gasteiger partial charge in [0.2, 0.25) is 0 Å². The molecule has 4 heteroatoms. The van der Waals surface area contributed by atoms with E-state index in [0.717, 1.165) is 40.2 Å². The summed E-state index contributed by atoms with van der Waals surface area (Å²) in [6.45, 7) is 1.98. The van der Waals surface area contributed by atoms with Crippen molar-refractivity contribution >= 4 is 17.4 Å². The van der Waals surface area contributed by atoms with E-state index in [-0.39, 0.29) is 0 Å². The second-order valence-corrected chi connectivity index (χ2v) is 5.44. The van der Waals surface area contributed by atoms with Crippen LogP contribution in [-0.2, 0) is 12.8 Å². The molecule has 0 unspecified atom stereocenters. The number of halogens is 1. The van der Waals surface area contributed by atoms with E-state index >= 15 is 0 Å². The van der Waals surface area contributed by atoms with Crippen molar-refractivity contribution in [3.63, 3.8) is 0 Å². The number of fused-ring (bicyclic) bond motifs is 1. The molecule has 0 radical (unpaired) electrons. The van der Waals surface area contributed by atoms with Crippen LogP contribution in [0.25, 0.3) is 11.4 Å². The lowest BCUT2D eigenvalue weighted by Crippen LogP contribution is -2.11. The van der Waals surface area contributed by atoms with Crippen LogP contribution in [0.15, 0.2) is 18.2 Å². The van der Waals surface area contributed by atoms with Gasteiger partial charge in [0.25, 0.3) is 0 Å². The molecule has 1 aromatic carbocycles. The highest BCUT2D eigenvalue weighted by Crippen LogP contribution is 2.28. The molecule has 1 aliphatic carbocycles. The summed E-state index contributed by atoms with van der Waals surface area (Å²) in [5.41, 5.74) is 10.3. The van der Waals surface area contributed by atoms with Gasteiger partial charge in [0.1, 0.15) is 5.82 Å². The van der Waals surface area contributed by atoms with E-state index in [2.05, 4.69) is 9.97 Å². The van der Waals surface area contributed by atoms with Gasteiger partial charge in [-0.2, -0.15) is 0 Å². The van der Waals surface area contributed by atoms with Gasteiger partial charge in [-0.3, -0.25) is 0 Å². The van der Waals surface area contributed by atoms with Crippen LogP contribution in [-0.4, -0.2) is 9.97 Å². The maximum atomic E-state index is 6.16. The van der Waals surface area contributed by atoms with Crippen molar-refractivity contribution in [1.82, 2.24) is 9.97 Å². The number of anilines is 1. The Morgan fingerprint density at radius 2 is 1.95 bits per heavy atom. The highest BCUT2D eigenvalue weighted by atomic mass is 35.5. The fourth-order valence-electron chi connectivity index (χ4n) is 2.48. The van der Waals surface area contributed by atoms with E-state index < -0.39 is 0 Å². The first-order valence-corrected chi connectivity index (χ1v) is 6.95. The minimum absolute atomic E-state index is 0.622. The highest BCUT2D eigenvalue weighted by molar-refractivity contribution is 6.31. The number of benzene rings is 1. The molecule has 3 rings (SSSR count). The number of hydrogen-bond donors (Lipinski definition) is 1. The van der Waals surface area contributed by atoms with Crippen molar-refractivity contribution < 1.29 is 0 Å². The normalized spacial score (nSPS) is 14.2. The average molecular weight is 274 g/mol. The van der Waals surface area contributed by atoms with E-state index in [9.17, 15) is 0 Å². The maximum Gasteiger partial charge on any atom is 0.161 e. The zero-order valence-electron chi connectivity index (χ0n) is 10.9. The second kappa shape index (κ2) is 4.82. The predicted octanol–water partition coefficient (Wildman–Crippen LogP) is 3.57. The maximum absolute atomic E-state index is 6.16. The monoisotopic (exact) mass is 273 g/mol. The van der Waals surface area contributed by atoms with Crippen LogP contribution >= 0.6 is 11.6 Å². The smallest absolute Gasteiger partial charge is 0.161 e. The third-order valence-corrected chi connectivity index (χ3v) is 4.05. The van der Waals surface area contributed by atoms with E-state index in [1.54, 1.807) is 0 Å². The summed E-state index contributed by atoms with van der Waals surface area (Å²) >= 11 is 6.16. The summed E-state index contributed by atoms with van der Waals surface area (Å²) < 4.78 is 0. The van der Waals surface area contributed by atoms with Crippen molar-refractivity contribution in [2.75, 3.05) is 5.73 Å². The Hall–Kier alpha value is -1.61. The Balaban J connectivity index is 2.10. The highest BCUT2D eigenvalue weighted by Gasteiger charge is 2.16. The second-order valence-electron chi connectivity index (χ2n) is 5.03. The van der Waals surface area contributed by atoms with E-state index in [4.69, 9.17) is 17.3 Å². The van der Waals surface area contributed by atoms with Gasteiger partial charge in [0.15, 0.2) is 5.82 Å². The minimum Gasteiger partial charge on any atom is -0.383 e. The summed E-state index contributed by atoms with van der Waals surface area (Å²) in [6.07, 6.45) is 4.35. The molecule has 0 saturated heterocycles. The Labute approximate surface area is 117 Å². The summed E-state index contributed by atoms with van der Waals surface area (Å²) in [5.74, 6) is 1.30. The van der Waals surface area contributed by atoms with Gasteiger partial charge in [0.05, 0.1) is 0 Å². The number of rotatable bonds is 1. The molecule has 0 saturated carbocycles. The number of aromatic nitrogens is 2. The van der Waals surface area contributed by atoms with Crippen LogP contribution in [0.4, 0.5) is 5.82 Å². The van der Waals surface area contributed by atoms with Crippen molar-refractivity contribution in [2.45, 2.75) is 32.6 Å². The Kier molecular flexibility index (Phi) is 3.15. The topological polar surface area (TPSA) is 51.8 Å². The SMILES string of the molecule is Cc1ccc(-c2nc(N)c3c(n2)CCCC3)cc1Cl. The Bertz CT molecular complexity index is 638. The van der Waals surface area contributed by atoms with Crippen molar-refractivity contribution in [3.05, 3.63) is 40.0 Å². The molecular weight excluding hydrogens is 258 g/mol. The van der Waals surface area contributed by atoms with Crippen LogP contribution in [0, 0.1) is 6.92 Å². The molecular formula is C15H16ClN3. The van der Waals surface area contributed by atoms with Crippen molar-refractivity contribution in [3.8, 4) is 11.4 Å². The van der Waals surface area contributed by atoms with E-state index in [0.29, 0.717) is 11.6 Å². The summed E-state index contributed by atoms with van der Waals surface area (Å²) in [5, 5.41) is 0.734. The van der Waals surface area contributed by atoms with Gasteiger partial charge in [-0.25, -0.2) is 9.97 Å². The van der Waals surface area contributed by atoms with Crippen molar-refractivity contribution in [1.29, 1.82) is 0 Å². The van der Waals surface area contributed by atoms with Crippen LogP contribution in [0.3, 0.4) is 0 Å². The summed E-state index contributed by atoms with van der Waals surface area (Å²) in [7, 11) is 0. The molecule has 0 atom stereocenters. The molecule has 3 nitrogen and oxygen atoms in total. The van der Waals surface area contributed by atoms with Gasteiger partial charge in [-0.05, 0) is 44.2 Å². The fraction of sp³-hybridized carbons (Fsp3) is 0.333. The molecule has 1 aliphatic rings. The number of nitrogen functional groups attached to an aromatic ring is 1. The number of nitrogens with zero attached hydrogens (tertiary/aromatic N) is 2. The van der Waals surface area contributed by atoms with Crippen LogP contribution in [0.1, 0.15) is 29.7 Å². The molecule has 2 aromatic rings. The van der Waals surface area contributed by atoms with Gasteiger partial charge >= 0.3 is 0 Å². The first-order chi connectivity index (χ1) is 9.15. The molecule has 19 heavy (non-hydrogen) atoms. The lowest BCUT2D eigenvalue weighted by molar-refractivity contribution is 0.666. The fourth-order valence-corrected chi connectivity index (χ4v) is 2.66. The lowest BCUT2D eigenvalue weighted by Gasteiger charge is -2.17. The molecule has 0 spiro atoms. The summed E-state index contributed by atoms with van der Waals surface area (Å²) in [4.78, 5) is 9.10. The van der Waals surface area contributed by atoms with Gasteiger partial charge in [-0.15, -0.1) is 0 Å². The molecule has 1 heterocycles. The quantitative estimate of drug-likeness (QED) is 0.864. The average Bonchev–Trinajstić information content (AvgIpc) is 2.42. The van der Waals surface area contributed by atoms with Crippen LogP contribution < -0.4 is 5.73 Å².